The Balaban J connectivity index is 1.47. The van der Waals surface area contributed by atoms with E-state index < -0.39 is 0 Å². The molecule has 0 radical (unpaired) electrons. The second kappa shape index (κ2) is 9.41. The van der Waals surface area contributed by atoms with E-state index >= 15 is 0 Å². The topological polar surface area (TPSA) is 112 Å². The summed E-state index contributed by atoms with van der Waals surface area (Å²) < 4.78 is 10.8. The summed E-state index contributed by atoms with van der Waals surface area (Å²) in [5.41, 5.74) is 4.71. The first-order valence-electron chi connectivity index (χ1n) is 10.4. The number of fused-ring (bicyclic) bond motifs is 1. The van der Waals surface area contributed by atoms with Gasteiger partial charge in [-0.1, -0.05) is 29.0 Å². The monoisotopic (exact) mass is 494 g/mol. The van der Waals surface area contributed by atoms with Crippen LogP contribution < -0.4 is 10.1 Å². The maximum absolute atomic E-state index is 13.3. The number of nitrogens with zero attached hydrogens (tertiary/aromatic N) is 5. The molecule has 4 aromatic heterocycles. The van der Waals surface area contributed by atoms with Crippen molar-refractivity contribution in [3.63, 3.8) is 0 Å². The number of thiazole rings is 1. The van der Waals surface area contributed by atoms with E-state index in [1.54, 1.807) is 18.3 Å². The van der Waals surface area contributed by atoms with Gasteiger partial charge in [-0.15, -0.1) is 0 Å². The molecule has 34 heavy (non-hydrogen) atoms. The standard InChI is InChI=1S/C23H19ClN6O3S/c1-12-7-14(15-8-19(24)26-11-18(15)32-2)16(9-25-12)21(31)30-23-29-20-22(34-23)28-17(10-27-20)13-3-5-33-6-4-13/h3,7-11H,4-6H2,1-2H3,(H,27,29,30,31). The lowest BCUT2D eigenvalue weighted by Crippen LogP contribution is -2.14. The summed E-state index contributed by atoms with van der Waals surface area (Å²) in [4.78, 5) is 35.8. The molecule has 1 N–H and O–H groups in total. The number of pyridine rings is 2. The number of aryl methyl sites for hydroxylation is 1. The van der Waals surface area contributed by atoms with Gasteiger partial charge < -0.3 is 9.47 Å². The Labute approximate surface area is 203 Å². The average molecular weight is 495 g/mol. The summed E-state index contributed by atoms with van der Waals surface area (Å²) in [6.45, 7) is 3.08. The third-order valence-corrected chi connectivity index (χ3v) is 6.33. The van der Waals surface area contributed by atoms with Gasteiger partial charge in [0.15, 0.2) is 15.6 Å². The fourth-order valence-corrected chi connectivity index (χ4v) is 4.56. The summed E-state index contributed by atoms with van der Waals surface area (Å²) >= 11 is 7.39. The van der Waals surface area contributed by atoms with Crippen LogP contribution in [0.4, 0.5) is 5.13 Å². The number of anilines is 1. The number of amides is 1. The first-order chi connectivity index (χ1) is 16.5. The van der Waals surface area contributed by atoms with Crippen LogP contribution in [0.15, 0.2) is 36.8 Å². The van der Waals surface area contributed by atoms with E-state index in [9.17, 15) is 4.79 Å². The van der Waals surface area contributed by atoms with Crippen LogP contribution in [0.3, 0.4) is 0 Å². The number of halogens is 1. The average Bonchev–Trinajstić information content (AvgIpc) is 3.25. The van der Waals surface area contributed by atoms with E-state index in [1.165, 1.54) is 30.8 Å². The smallest absolute Gasteiger partial charge is 0.259 e. The largest absolute Gasteiger partial charge is 0.494 e. The summed E-state index contributed by atoms with van der Waals surface area (Å²) in [5.74, 6) is 0.122. The number of hydrogen-bond acceptors (Lipinski definition) is 9. The molecule has 0 unspecified atom stereocenters. The maximum Gasteiger partial charge on any atom is 0.259 e. The normalized spacial score (nSPS) is 13.6. The number of ether oxygens (including phenoxy) is 2. The van der Waals surface area contributed by atoms with Gasteiger partial charge in [0, 0.05) is 23.0 Å². The van der Waals surface area contributed by atoms with E-state index in [1.807, 2.05) is 13.0 Å². The number of rotatable bonds is 5. The van der Waals surface area contributed by atoms with Crippen LogP contribution in [-0.4, -0.2) is 51.2 Å². The highest BCUT2D eigenvalue weighted by Crippen LogP contribution is 2.34. The van der Waals surface area contributed by atoms with Crippen molar-refractivity contribution >= 4 is 50.0 Å². The van der Waals surface area contributed by atoms with Gasteiger partial charge in [-0.2, -0.15) is 4.98 Å². The van der Waals surface area contributed by atoms with E-state index in [2.05, 4.69) is 30.2 Å². The Bertz CT molecular complexity index is 1440. The highest BCUT2D eigenvalue weighted by molar-refractivity contribution is 7.21. The molecule has 0 bridgehead atoms. The van der Waals surface area contributed by atoms with Crippen molar-refractivity contribution in [2.24, 2.45) is 0 Å². The van der Waals surface area contributed by atoms with E-state index in [0.717, 1.165) is 23.4 Å². The van der Waals surface area contributed by atoms with Gasteiger partial charge in [0.05, 0.1) is 44.0 Å². The molecule has 5 heterocycles. The molecule has 0 saturated carbocycles. The van der Waals surface area contributed by atoms with Crippen LogP contribution >= 0.6 is 22.9 Å². The fraction of sp³-hybridized carbons (Fsp3) is 0.217. The van der Waals surface area contributed by atoms with Gasteiger partial charge in [-0.25, -0.2) is 15.0 Å². The Morgan fingerprint density at radius 1 is 1.15 bits per heavy atom. The van der Waals surface area contributed by atoms with Crippen molar-refractivity contribution in [2.45, 2.75) is 13.3 Å². The Hall–Kier alpha value is -3.47. The molecule has 0 spiro atoms. The molecule has 4 aromatic rings. The van der Waals surface area contributed by atoms with Crippen LogP contribution in [0.2, 0.25) is 5.15 Å². The minimum absolute atomic E-state index is 0.287. The second-order valence-corrected chi connectivity index (χ2v) is 8.85. The quantitative estimate of drug-likeness (QED) is 0.401. The highest BCUT2D eigenvalue weighted by Gasteiger charge is 2.20. The summed E-state index contributed by atoms with van der Waals surface area (Å²) in [6.07, 6.45) is 7.54. The van der Waals surface area contributed by atoms with E-state index in [4.69, 9.17) is 21.1 Å². The number of aromatic nitrogens is 5. The molecule has 1 amide bonds. The van der Waals surface area contributed by atoms with Crippen molar-refractivity contribution in [1.82, 2.24) is 24.9 Å². The number of methoxy groups -OCH3 is 1. The third-order valence-electron chi connectivity index (χ3n) is 5.27. The predicted molar refractivity (Wildman–Crippen MR) is 130 cm³/mol. The second-order valence-electron chi connectivity index (χ2n) is 7.49. The zero-order valence-electron chi connectivity index (χ0n) is 18.3. The molecule has 0 aromatic carbocycles. The first kappa shape index (κ1) is 22.3. The molecular formula is C23H19ClN6O3S. The lowest BCUT2D eigenvalue weighted by molar-refractivity contribution is 0.102. The Morgan fingerprint density at radius 2 is 2.03 bits per heavy atom. The maximum atomic E-state index is 13.3. The third kappa shape index (κ3) is 4.47. The summed E-state index contributed by atoms with van der Waals surface area (Å²) in [7, 11) is 1.54. The zero-order valence-corrected chi connectivity index (χ0v) is 19.9. The first-order valence-corrected chi connectivity index (χ1v) is 11.6. The molecule has 0 atom stereocenters. The molecule has 0 fully saturated rings. The minimum Gasteiger partial charge on any atom is -0.494 e. The molecule has 0 saturated heterocycles. The SMILES string of the molecule is COc1cnc(Cl)cc1-c1cc(C)ncc1C(=O)Nc1nc2ncc(C3=CCOCC3)nc2s1. The lowest BCUT2D eigenvalue weighted by Gasteiger charge is -2.13. The molecule has 172 valence electrons. The molecule has 0 aliphatic carbocycles. The Kier molecular flexibility index (Phi) is 6.18. The van der Waals surface area contributed by atoms with Crippen molar-refractivity contribution in [2.75, 3.05) is 25.6 Å². The predicted octanol–water partition coefficient (Wildman–Crippen LogP) is 4.57. The zero-order chi connectivity index (χ0) is 23.7. The number of nitrogens with one attached hydrogen (secondary N) is 1. The van der Waals surface area contributed by atoms with Crippen molar-refractivity contribution in [1.29, 1.82) is 0 Å². The Morgan fingerprint density at radius 3 is 2.82 bits per heavy atom. The van der Waals surface area contributed by atoms with Gasteiger partial charge in [0.25, 0.3) is 5.91 Å². The van der Waals surface area contributed by atoms with E-state index in [-0.39, 0.29) is 11.1 Å². The lowest BCUT2D eigenvalue weighted by atomic mass is 10.0. The van der Waals surface area contributed by atoms with Gasteiger partial charge >= 0.3 is 0 Å². The number of hydrogen-bond donors (Lipinski definition) is 1. The van der Waals surface area contributed by atoms with Gasteiger partial charge in [-0.05, 0) is 31.1 Å². The van der Waals surface area contributed by atoms with Crippen molar-refractivity contribution in [3.05, 3.63) is 58.9 Å². The van der Waals surface area contributed by atoms with Crippen LogP contribution in [0.1, 0.15) is 28.2 Å². The number of carbonyl (C=O) groups excluding carboxylic acids is 1. The molecule has 11 heteroatoms. The van der Waals surface area contributed by atoms with Crippen molar-refractivity contribution in [3.8, 4) is 16.9 Å². The van der Waals surface area contributed by atoms with Crippen LogP contribution in [0, 0.1) is 6.92 Å². The molecule has 9 nitrogen and oxygen atoms in total. The van der Waals surface area contributed by atoms with Gasteiger partial charge in [-0.3, -0.25) is 15.1 Å². The summed E-state index contributed by atoms with van der Waals surface area (Å²) in [5, 5.41) is 3.53. The molecule has 5 rings (SSSR count). The minimum atomic E-state index is -0.371. The van der Waals surface area contributed by atoms with E-state index in [0.29, 0.717) is 51.3 Å². The molecule has 1 aliphatic rings. The van der Waals surface area contributed by atoms with Gasteiger partial charge in [0.1, 0.15) is 10.9 Å². The van der Waals surface area contributed by atoms with Crippen LogP contribution in [-0.2, 0) is 4.74 Å². The molecular weight excluding hydrogens is 476 g/mol. The van der Waals surface area contributed by atoms with Crippen LogP contribution in [0.5, 0.6) is 5.75 Å². The summed E-state index contributed by atoms with van der Waals surface area (Å²) in [6, 6.07) is 3.46. The van der Waals surface area contributed by atoms with Crippen molar-refractivity contribution < 1.29 is 14.3 Å². The fourth-order valence-electron chi connectivity index (χ4n) is 3.61. The van der Waals surface area contributed by atoms with Crippen LogP contribution in [0.25, 0.3) is 27.2 Å². The number of carbonyl (C=O) groups is 1. The van der Waals surface area contributed by atoms with Gasteiger partial charge in [0.2, 0.25) is 0 Å². The molecule has 1 aliphatic heterocycles. The highest BCUT2D eigenvalue weighted by atomic mass is 35.5.